The SMILES string of the molecule is CC(=O)C/C(C)=N\NC(=O)[C@@H](C)Oc1ccc(Cl)cc1C. The highest BCUT2D eigenvalue weighted by molar-refractivity contribution is 6.30. The molecule has 0 aliphatic rings. The van der Waals surface area contributed by atoms with Gasteiger partial charge in [0.2, 0.25) is 0 Å². The van der Waals surface area contributed by atoms with Crippen LogP contribution in [0, 0.1) is 6.92 Å². The number of hydrogen-bond donors (Lipinski definition) is 1. The molecule has 1 aromatic rings. The molecule has 1 rings (SSSR count). The Morgan fingerprint density at radius 1 is 1.38 bits per heavy atom. The van der Waals surface area contributed by atoms with Gasteiger partial charge < -0.3 is 4.74 Å². The molecule has 0 saturated carbocycles. The lowest BCUT2D eigenvalue weighted by Gasteiger charge is -2.15. The van der Waals surface area contributed by atoms with Gasteiger partial charge in [0.05, 0.1) is 0 Å². The Kier molecular flexibility index (Phi) is 6.37. The van der Waals surface area contributed by atoms with E-state index in [1.54, 1.807) is 32.0 Å². The van der Waals surface area contributed by atoms with Crippen molar-refractivity contribution in [3.63, 3.8) is 0 Å². The standard InChI is InChI=1S/C15H19ClN2O3/c1-9-7-13(16)5-6-14(9)21-12(4)15(20)18-17-10(2)8-11(3)19/h5-7,12H,8H2,1-4H3,(H,18,20)/b17-10-/t12-/m1/s1. The molecule has 0 unspecified atom stereocenters. The second-order valence-corrected chi connectivity index (χ2v) is 5.31. The Hall–Kier alpha value is -1.88. The zero-order valence-corrected chi connectivity index (χ0v) is 13.3. The average molecular weight is 311 g/mol. The van der Waals surface area contributed by atoms with Crippen LogP contribution in [0.1, 0.15) is 32.8 Å². The summed E-state index contributed by atoms with van der Waals surface area (Å²) in [5.74, 6) is 0.199. The van der Waals surface area contributed by atoms with Gasteiger partial charge in [-0.2, -0.15) is 5.10 Å². The summed E-state index contributed by atoms with van der Waals surface area (Å²) in [7, 11) is 0. The van der Waals surface area contributed by atoms with Gasteiger partial charge in [0.1, 0.15) is 11.5 Å². The zero-order chi connectivity index (χ0) is 16.0. The highest BCUT2D eigenvalue weighted by Crippen LogP contribution is 2.22. The van der Waals surface area contributed by atoms with Gasteiger partial charge in [0.25, 0.3) is 5.91 Å². The van der Waals surface area contributed by atoms with Crippen LogP contribution in [0.5, 0.6) is 5.75 Å². The van der Waals surface area contributed by atoms with Crippen LogP contribution in [0.15, 0.2) is 23.3 Å². The predicted octanol–water partition coefficient (Wildman–Crippen LogP) is 2.89. The molecule has 0 radical (unpaired) electrons. The smallest absolute Gasteiger partial charge is 0.280 e. The van der Waals surface area contributed by atoms with Gasteiger partial charge in [-0.15, -0.1) is 0 Å². The topological polar surface area (TPSA) is 67.8 Å². The Labute approximate surface area is 129 Å². The molecule has 0 aliphatic heterocycles. The van der Waals surface area contributed by atoms with Gasteiger partial charge in [-0.1, -0.05) is 11.6 Å². The zero-order valence-electron chi connectivity index (χ0n) is 12.6. The lowest BCUT2D eigenvalue weighted by Crippen LogP contribution is -2.34. The number of rotatable bonds is 6. The number of ether oxygens (including phenoxy) is 1. The summed E-state index contributed by atoms with van der Waals surface area (Å²) >= 11 is 5.86. The number of hydrogen-bond acceptors (Lipinski definition) is 4. The minimum absolute atomic E-state index is 0.00779. The summed E-state index contributed by atoms with van der Waals surface area (Å²) in [4.78, 5) is 22.8. The minimum atomic E-state index is -0.709. The maximum Gasteiger partial charge on any atom is 0.280 e. The third-order valence-electron chi connectivity index (χ3n) is 2.67. The first-order valence-corrected chi connectivity index (χ1v) is 6.92. The van der Waals surface area contributed by atoms with Gasteiger partial charge in [0.15, 0.2) is 6.10 Å². The molecule has 6 heteroatoms. The molecule has 0 aliphatic carbocycles. The molecule has 114 valence electrons. The van der Waals surface area contributed by atoms with Crippen LogP contribution in [0.25, 0.3) is 0 Å². The fourth-order valence-electron chi connectivity index (χ4n) is 1.63. The van der Waals surface area contributed by atoms with Crippen molar-refractivity contribution in [3.8, 4) is 5.75 Å². The Bertz CT molecular complexity index is 570. The van der Waals surface area contributed by atoms with E-state index in [1.165, 1.54) is 6.92 Å². The van der Waals surface area contributed by atoms with Gasteiger partial charge in [0, 0.05) is 17.2 Å². The highest BCUT2D eigenvalue weighted by Gasteiger charge is 2.15. The van der Waals surface area contributed by atoms with Crippen LogP contribution in [0.4, 0.5) is 0 Å². The lowest BCUT2D eigenvalue weighted by molar-refractivity contribution is -0.127. The summed E-state index contributed by atoms with van der Waals surface area (Å²) in [6.07, 6.45) is -0.495. The van der Waals surface area contributed by atoms with E-state index >= 15 is 0 Å². The quantitative estimate of drug-likeness (QED) is 0.649. The van der Waals surface area contributed by atoms with Crippen molar-refractivity contribution in [2.45, 2.75) is 40.2 Å². The molecule has 0 aromatic heterocycles. The number of carbonyl (C=O) groups excluding carboxylic acids is 2. The van der Waals surface area contributed by atoms with Crippen molar-refractivity contribution < 1.29 is 14.3 Å². The van der Waals surface area contributed by atoms with E-state index in [0.29, 0.717) is 16.5 Å². The van der Waals surface area contributed by atoms with E-state index in [-0.39, 0.29) is 18.1 Å². The van der Waals surface area contributed by atoms with E-state index in [9.17, 15) is 9.59 Å². The molecule has 21 heavy (non-hydrogen) atoms. The van der Waals surface area contributed by atoms with Gasteiger partial charge in [-0.25, -0.2) is 5.43 Å². The maximum absolute atomic E-state index is 11.9. The molecule has 1 atom stereocenters. The third kappa shape index (κ3) is 5.95. The van der Waals surface area contributed by atoms with Gasteiger partial charge in [-0.05, 0) is 51.5 Å². The van der Waals surface area contributed by atoms with E-state index < -0.39 is 6.10 Å². The van der Waals surface area contributed by atoms with Gasteiger partial charge >= 0.3 is 0 Å². The van der Waals surface area contributed by atoms with Crippen molar-refractivity contribution in [1.29, 1.82) is 0 Å². The summed E-state index contributed by atoms with van der Waals surface area (Å²) < 4.78 is 5.57. The van der Waals surface area contributed by atoms with E-state index in [4.69, 9.17) is 16.3 Å². The van der Waals surface area contributed by atoms with Crippen LogP contribution < -0.4 is 10.2 Å². The fraction of sp³-hybridized carbons (Fsp3) is 0.400. The lowest BCUT2D eigenvalue weighted by atomic mass is 10.2. The molecule has 0 fully saturated rings. The molecule has 0 saturated heterocycles. The van der Waals surface area contributed by atoms with E-state index in [0.717, 1.165) is 5.56 Å². The molecule has 1 N–H and O–H groups in total. The number of nitrogens with zero attached hydrogens (tertiary/aromatic N) is 1. The number of aryl methyl sites for hydroxylation is 1. The number of Topliss-reactive ketones (excluding diaryl/α,β-unsaturated/α-hetero) is 1. The number of hydrazone groups is 1. The van der Waals surface area contributed by atoms with Crippen molar-refractivity contribution in [2.24, 2.45) is 5.10 Å². The Morgan fingerprint density at radius 3 is 2.62 bits per heavy atom. The minimum Gasteiger partial charge on any atom is -0.481 e. The van der Waals surface area contributed by atoms with Crippen molar-refractivity contribution in [2.75, 3.05) is 0 Å². The van der Waals surface area contributed by atoms with Crippen LogP contribution in [-0.4, -0.2) is 23.5 Å². The number of amides is 1. The Morgan fingerprint density at radius 2 is 2.05 bits per heavy atom. The second kappa shape index (κ2) is 7.78. The first-order valence-electron chi connectivity index (χ1n) is 6.55. The number of nitrogens with one attached hydrogen (secondary N) is 1. The summed E-state index contributed by atoms with van der Waals surface area (Å²) in [6, 6.07) is 5.17. The number of carbonyl (C=O) groups is 2. The average Bonchev–Trinajstić information content (AvgIpc) is 2.38. The maximum atomic E-state index is 11.9. The van der Waals surface area contributed by atoms with E-state index in [2.05, 4.69) is 10.5 Å². The van der Waals surface area contributed by atoms with Crippen molar-refractivity contribution >= 4 is 29.0 Å². The Balaban J connectivity index is 2.60. The molecule has 1 aromatic carbocycles. The first-order chi connectivity index (χ1) is 9.79. The largest absolute Gasteiger partial charge is 0.481 e. The fourth-order valence-corrected chi connectivity index (χ4v) is 1.86. The second-order valence-electron chi connectivity index (χ2n) is 4.87. The predicted molar refractivity (Wildman–Crippen MR) is 82.8 cm³/mol. The van der Waals surface area contributed by atoms with Crippen LogP contribution in [0.2, 0.25) is 5.02 Å². The van der Waals surface area contributed by atoms with Crippen molar-refractivity contribution in [1.82, 2.24) is 5.43 Å². The van der Waals surface area contributed by atoms with Crippen LogP contribution >= 0.6 is 11.6 Å². The van der Waals surface area contributed by atoms with Gasteiger partial charge in [-0.3, -0.25) is 9.59 Å². The normalized spacial score (nSPS) is 12.7. The number of halogens is 1. The molecule has 0 spiro atoms. The van der Waals surface area contributed by atoms with Crippen LogP contribution in [0.3, 0.4) is 0 Å². The number of ketones is 1. The van der Waals surface area contributed by atoms with E-state index in [1.807, 2.05) is 6.92 Å². The molecular weight excluding hydrogens is 292 g/mol. The van der Waals surface area contributed by atoms with Crippen LogP contribution in [-0.2, 0) is 9.59 Å². The molecular formula is C15H19ClN2O3. The monoisotopic (exact) mass is 310 g/mol. The van der Waals surface area contributed by atoms with Crippen molar-refractivity contribution in [3.05, 3.63) is 28.8 Å². The summed E-state index contributed by atoms with van der Waals surface area (Å²) in [6.45, 7) is 6.62. The molecule has 5 nitrogen and oxygen atoms in total. The molecule has 1 amide bonds. The highest BCUT2D eigenvalue weighted by atomic mass is 35.5. The summed E-state index contributed by atoms with van der Waals surface area (Å²) in [5, 5.41) is 4.47. The molecule has 0 bridgehead atoms. The first kappa shape index (κ1) is 17.2. The number of benzene rings is 1. The molecule has 0 heterocycles. The summed E-state index contributed by atoms with van der Waals surface area (Å²) in [5.41, 5.74) is 3.78. The third-order valence-corrected chi connectivity index (χ3v) is 2.91.